The molecule has 0 bridgehead atoms. The number of halogens is 2. The molecule has 0 aliphatic heterocycles. The van der Waals surface area contributed by atoms with Crippen molar-refractivity contribution in [1.29, 1.82) is 0 Å². The summed E-state index contributed by atoms with van der Waals surface area (Å²) in [5.41, 5.74) is 0.821. The van der Waals surface area contributed by atoms with Crippen molar-refractivity contribution in [2.75, 3.05) is 7.11 Å². The first-order valence-corrected chi connectivity index (χ1v) is 6.95. The SMILES string of the molecule is COc1ccc(C(=O)c2cc3cc(Br)ccc3o2)cc1F. The summed E-state index contributed by atoms with van der Waals surface area (Å²) in [6.07, 6.45) is 0. The second kappa shape index (κ2) is 5.33. The molecule has 1 heterocycles. The largest absolute Gasteiger partial charge is 0.494 e. The molecule has 0 saturated carbocycles. The first-order chi connectivity index (χ1) is 10.1. The van der Waals surface area contributed by atoms with Gasteiger partial charge in [0.25, 0.3) is 0 Å². The van der Waals surface area contributed by atoms with Crippen LogP contribution in [0.15, 0.2) is 51.4 Å². The summed E-state index contributed by atoms with van der Waals surface area (Å²) in [5.74, 6) is -0.682. The van der Waals surface area contributed by atoms with Gasteiger partial charge in [-0.3, -0.25) is 4.79 Å². The molecule has 5 heteroatoms. The quantitative estimate of drug-likeness (QED) is 0.650. The van der Waals surface area contributed by atoms with Crippen LogP contribution in [0.4, 0.5) is 4.39 Å². The topological polar surface area (TPSA) is 39.4 Å². The monoisotopic (exact) mass is 348 g/mol. The Morgan fingerprint density at radius 3 is 2.71 bits per heavy atom. The lowest BCUT2D eigenvalue weighted by Gasteiger charge is -2.03. The zero-order chi connectivity index (χ0) is 15.0. The van der Waals surface area contributed by atoms with Crippen molar-refractivity contribution in [3.8, 4) is 5.75 Å². The van der Waals surface area contributed by atoms with Gasteiger partial charge in [-0.05, 0) is 42.5 Å². The molecule has 0 amide bonds. The molecular formula is C16H10BrFO3. The average Bonchev–Trinajstić information content (AvgIpc) is 2.89. The average molecular weight is 349 g/mol. The molecule has 3 nitrogen and oxygen atoms in total. The number of methoxy groups -OCH3 is 1. The van der Waals surface area contributed by atoms with Gasteiger partial charge in [0.1, 0.15) is 5.58 Å². The molecule has 1 aromatic heterocycles. The minimum atomic E-state index is -0.581. The third-order valence-electron chi connectivity index (χ3n) is 3.12. The molecule has 0 N–H and O–H groups in total. The number of furan rings is 1. The number of rotatable bonds is 3. The summed E-state index contributed by atoms with van der Waals surface area (Å²) >= 11 is 3.36. The van der Waals surface area contributed by atoms with Gasteiger partial charge < -0.3 is 9.15 Å². The van der Waals surface area contributed by atoms with Gasteiger partial charge in [-0.25, -0.2) is 4.39 Å². The summed E-state index contributed by atoms with van der Waals surface area (Å²) < 4.78 is 24.9. The van der Waals surface area contributed by atoms with E-state index in [9.17, 15) is 9.18 Å². The highest BCUT2D eigenvalue weighted by Gasteiger charge is 2.16. The maximum atomic E-state index is 13.7. The minimum absolute atomic E-state index is 0.0973. The standard InChI is InChI=1S/C16H10BrFO3/c1-20-14-4-2-9(7-12(14)18)16(19)15-8-10-6-11(17)3-5-13(10)21-15/h2-8H,1H3. The summed E-state index contributed by atoms with van der Waals surface area (Å²) in [7, 11) is 1.37. The van der Waals surface area contributed by atoms with Crippen molar-refractivity contribution in [2.24, 2.45) is 0 Å². The van der Waals surface area contributed by atoms with Crippen molar-refractivity contribution in [3.05, 3.63) is 64.1 Å². The lowest BCUT2D eigenvalue weighted by Crippen LogP contribution is -2.01. The van der Waals surface area contributed by atoms with Crippen LogP contribution in [0, 0.1) is 5.82 Å². The van der Waals surface area contributed by atoms with Gasteiger partial charge in [0, 0.05) is 15.4 Å². The van der Waals surface area contributed by atoms with Crippen LogP contribution in [-0.2, 0) is 0 Å². The van der Waals surface area contributed by atoms with Crippen LogP contribution < -0.4 is 4.74 Å². The second-order valence-corrected chi connectivity index (χ2v) is 5.39. The van der Waals surface area contributed by atoms with Crippen LogP contribution >= 0.6 is 15.9 Å². The summed E-state index contributed by atoms with van der Waals surface area (Å²) in [6.45, 7) is 0. The van der Waals surface area contributed by atoms with Gasteiger partial charge in [-0.1, -0.05) is 15.9 Å². The van der Waals surface area contributed by atoms with E-state index >= 15 is 0 Å². The predicted molar refractivity (Wildman–Crippen MR) is 80.3 cm³/mol. The Balaban J connectivity index is 2.01. The molecule has 0 fully saturated rings. The molecule has 0 unspecified atom stereocenters. The van der Waals surface area contributed by atoms with E-state index < -0.39 is 5.82 Å². The van der Waals surface area contributed by atoms with E-state index in [2.05, 4.69) is 15.9 Å². The van der Waals surface area contributed by atoms with E-state index in [-0.39, 0.29) is 22.9 Å². The van der Waals surface area contributed by atoms with Crippen molar-refractivity contribution in [1.82, 2.24) is 0 Å². The summed E-state index contributed by atoms with van der Waals surface area (Å²) in [4.78, 5) is 12.3. The maximum Gasteiger partial charge on any atom is 0.228 e. The molecule has 21 heavy (non-hydrogen) atoms. The van der Waals surface area contributed by atoms with Crippen LogP contribution in [0.3, 0.4) is 0 Å². The first-order valence-electron chi connectivity index (χ1n) is 6.16. The van der Waals surface area contributed by atoms with Crippen molar-refractivity contribution in [3.63, 3.8) is 0 Å². The van der Waals surface area contributed by atoms with Crippen LogP contribution in [0.1, 0.15) is 16.1 Å². The normalized spacial score (nSPS) is 10.8. The second-order valence-electron chi connectivity index (χ2n) is 4.47. The minimum Gasteiger partial charge on any atom is -0.494 e. The number of carbonyl (C=O) groups excluding carboxylic acids is 1. The molecule has 0 aliphatic carbocycles. The van der Waals surface area contributed by atoms with E-state index in [0.717, 1.165) is 15.9 Å². The van der Waals surface area contributed by atoms with E-state index in [0.29, 0.717) is 5.58 Å². The number of carbonyl (C=O) groups is 1. The first kappa shape index (κ1) is 13.8. The molecule has 0 spiro atoms. The van der Waals surface area contributed by atoms with Gasteiger partial charge in [0.2, 0.25) is 5.78 Å². The maximum absolute atomic E-state index is 13.7. The smallest absolute Gasteiger partial charge is 0.228 e. The Labute approximate surface area is 128 Å². The molecule has 0 radical (unpaired) electrons. The van der Waals surface area contributed by atoms with Gasteiger partial charge in [-0.15, -0.1) is 0 Å². The van der Waals surface area contributed by atoms with Crippen LogP contribution in [-0.4, -0.2) is 12.9 Å². The number of hydrogen-bond acceptors (Lipinski definition) is 3. The molecule has 106 valence electrons. The molecular weight excluding hydrogens is 339 g/mol. The molecule has 0 aliphatic rings. The zero-order valence-electron chi connectivity index (χ0n) is 11.0. The van der Waals surface area contributed by atoms with E-state index in [1.54, 1.807) is 12.1 Å². The third-order valence-corrected chi connectivity index (χ3v) is 3.61. The van der Waals surface area contributed by atoms with E-state index in [4.69, 9.17) is 9.15 Å². The van der Waals surface area contributed by atoms with Crippen LogP contribution in [0.25, 0.3) is 11.0 Å². The van der Waals surface area contributed by atoms with Gasteiger partial charge in [0.05, 0.1) is 7.11 Å². The number of ether oxygens (including phenoxy) is 1. The van der Waals surface area contributed by atoms with Gasteiger partial charge in [0.15, 0.2) is 17.3 Å². The number of fused-ring (bicyclic) bond motifs is 1. The zero-order valence-corrected chi connectivity index (χ0v) is 12.6. The van der Waals surface area contributed by atoms with Crippen molar-refractivity contribution < 1.29 is 18.3 Å². The van der Waals surface area contributed by atoms with E-state index in [1.807, 2.05) is 12.1 Å². The highest BCUT2D eigenvalue weighted by Crippen LogP contribution is 2.26. The van der Waals surface area contributed by atoms with Crippen molar-refractivity contribution >= 4 is 32.7 Å². The fourth-order valence-corrected chi connectivity index (χ4v) is 2.45. The van der Waals surface area contributed by atoms with Crippen LogP contribution in [0.2, 0.25) is 0 Å². The van der Waals surface area contributed by atoms with Crippen LogP contribution in [0.5, 0.6) is 5.75 Å². The Bertz CT molecular complexity index is 839. The van der Waals surface area contributed by atoms with Crippen molar-refractivity contribution in [2.45, 2.75) is 0 Å². The Hall–Kier alpha value is -2.14. The highest BCUT2D eigenvalue weighted by molar-refractivity contribution is 9.10. The molecule has 3 rings (SSSR count). The third kappa shape index (κ3) is 2.56. The fraction of sp³-hybridized carbons (Fsp3) is 0.0625. The lowest BCUT2D eigenvalue weighted by molar-refractivity contribution is 0.101. The fourth-order valence-electron chi connectivity index (χ4n) is 2.08. The molecule has 0 atom stereocenters. The summed E-state index contributed by atoms with van der Waals surface area (Å²) in [6, 6.07) is 11.2. The molecule has 0 saturated heterocycles. The molecule has 3 aromatic rings. The predicted octanol–water partition coefficient (Wildman–Crippen LogP) is 4.57. The number of benzene rings is 2. The highest BCUT2D eigenvalue weighted by atomic mass is 79.9. The number of ketones is 1. The Morgan fingerprint density at radius 1 is 1.19 bits per heavy atom. The van der Waals surface area contributed by atoms with Gasteiger partial charge in [-0.2, -0.15) is 0 Å². The lowest BCUT2D eigenvalue weighted by atomic mass is 10.1. The Kier molecular flexibility index (Phi) is 3.51. The molecule has 2 aromatic carbocycles. The van der Waals surface area contributed by atoms with E-state index in [1.165, 1.54) is 19.2 Å². The number of hydrogen-bond donors (Lipinski definition) is 0. The summed E-state index contributed by atoms with van der Waals surface area (Å²) in [5, 5.41) is 0.807. The van der Waals surface area contributed by atoms with Gasteiger partial charge >= 0.3 is 0 Å². The Morgan fingerprint density at radius 2 is 2.00 bits per heavy atom.